The Bertz CT molecular complexity index is 430. The molecule has 2 heteroatoms. The molecule has 100 valence electrons. The van der Waals surface area contributed by atoms with E-state index in [0.717, 1.165) is 11.8 Å². The van der Waals surface area contributed by atoms with Gasteiger partial charge in [-0.25, -0.2) is 0 Å². The van der Waals surface area contributed by atoms with E-state index < -0.39 is 0 Å². The third-order valence-corrected chi connectivity index (χ3v) is 4.03. The molecule has 0 bridgehead atoms. The van der Waals surface area contributed by atoms with Crippen molar-refractivity contribution in [2.45, 2.75) is 12.3 Å². The molecule has 0 spiro atoms. The van der Waals surface area contributed by atoms with Gasteiger partial charge in [0.25, 0.3) is 0 Å². The lowest BCUT2D eigenvalue weighted by atomic mass is 9.79. The molecule has 0 fully saturated rings. The number of alkyl halides is 1. The highest BCUT2D eigenvalue weighted by atomic mass is 79.9. The van der Waals surface area contributed by atoms with Crippen LogP contribution in [0.25, 0.3) is 0 Å². The monoisotopic (exact) mass is 317 g/mol. The molecular weight excluding hydrogens is 298 g/mol. The molecule has 1 nitrogen and oxygen atoms in total. The minimum Gasteiger partial charge on any atom is -0.330 e. The first-order chi connectivity index (χ1) is 9.36. The predicted octanol–water partition coefficient (Wildman–Crippen LogP) is 4.18. The number of hydrogen-bond acceptors (Lipinski definition) is 1. The maximum atomic E-state index is 6.01. The summed E-state index contributed by atoms with van der Waals surface area (Å²) >= 11 is 3.55. The van der Waals surface area contributed by atoms with Crippen molar-refractivity contribution in [3.8, 4) is 0 Å². The van der Waals surface area contributed by atoms with Crippen LogP contribution in [0.1, 0.15) is 23.5 Å². The molecule has 2 rings (SSSR count). The summed E-state index contributed by atoms with van der Waals surface area (Å²) in [6, 6.07) is 21.4. The van der Waals surface area contributed by atoms with Gasteiger partial charge in [-0.05, 0) is 30.0 Å². The lowest BCUT2D eigenvalue weighted by Crippen LogP contribution is -2.23. The maximum absolute atomic E-state index is 6.01. The van der Waals surface area contributed by atoms with E-state index in [1.54, 1.807) is 0 Å². The van der Waals surface area contributed by atoms with Gasteiger partial charge in [0.15, 0.2) is 0 Å². The molecule has 0 aliphatic carbocycles. The fourth-order valence-corrected chi connectivity index (χ4v) is 3.21. The normalized spacial score (nSPS) is 12.6. The van der Waals surface area contributed by atoms with Gasteiger partial charge in [-0.15, -0.1) is 0 Å². The van der Waals surface area contributed by atoms with Crippen LogP contribution in [0.2, 0.25) is 0 Å². The Kier molecular flexibility index (Phi) is 5.62. The highest BCUT2D eigenvalue weighted by Crippen LogP contribution is 2.33. The van der Waals surface area contributed by atoms with Crippen molar-refractivity contribution in [2.24, 2.45) is 11.7 Å². The van der Waals surface area contributed by atoms with Gasteiger partial charge in [0.05, 0.1) is 0 Å². The zero-order valence-electron chi connectivity index (χ0n) is 11.0. The molecule has 0 aromatic heterocycles. The second-order valence-corrected chi connectivity index (χ2v) is 5.57. The van der Waals surface area contributed by atoms with E-state index in [9.17, 15) is 0 Å². The Labute approximate surface area is 124 Å². The van der Waals surface area contributed by atoms with Gasteiger partial charge in [-0.1, -0.05) is 76.6 Å². The summed E-state index contributed by atoms with van der Waals surface area (Å²) in [6.45, 7) is 0.708. The summed E-state index contributed by atoms with van der Waals surface area (Å²) in [7, 11) is 0. The van der Waals surface area contributed by atoms with Crippen LogP contribution in [0, 0.1) is 5.92 Å². The average Bonchev–Trinajstić information content (AvgIpc) is 2.49. The molecule has 0 saturated heterocycles. The fraction of sp³-hybridized carbons (Fsp3) is 0.294. The van der Waals surface area contributed by atoms with E-state index in [2.05, 4.69) is 76.6 Å². The molecule has 1 atom stereocenters. The van der Waals surface area contributed by atoms with Crippen molar-refractivity contribution in [3.05, 3.63) is 71.8 Å². The molecular formula is C17H20BrN. The van der Waals surface area contributed by atoms with E-state index in [0.29, 0.717) is 18.4 Å². The summed E-state index contributed by atoms with van der Waals surface area (Å²) < 4.78 is 0. The van der Waals surface area contributed by atoms with Crippen LogP contribution >= 0.6 is 15.9 Å². The van der Waals surface area contributed by atoms with E-state index in [4.69, 9.17) is 5.73 Å². The van der Waals surface area contributed by atoms with Gasteiger partial charge < -0.3 is 5.73 Å². The summed E-state index contributed by atoms with van der Waals surface area (Å²) in [6.07, 6.45) is 1.09. The quantitative estimate of drug-likeness (QED) is 0.795. The Balaban J connectivity index is 2.38. The van der Waals surface area contributed by atoms with Crippen molar-refractivity contribution in [3.63, 3.8) is 0 Å². The molecule has 0 amide bonds. The van der Waals surface area contributed by atoms with Crippen LogP contribution in [0.5, 0.6) is 0 Å². The number of rotatable bonds is 6. The van der Waals surface area contributed by atoms with Crippen molar-refractivity contribution in [1.29, 1.82) is 0 Å². The van der Waals surface area contributed by atoms with Gasteiger partial charge in [-0.3, -0.25) is 0 Å². The van der Waals surface area contributed by atoms with Crippen molar-refractivity contribution in [2.75, 3.05) is 11.9 Å². The summed E-state index contributed by atoms with van der Waals surface area (Å²) in [5.41, 5.74) is 8.72. The first-order valence-corrected chi connectivity index (χ1v) is 7.85. The van der Waals surface area contributed by atoms with Gasteiger partial charge in [0, 0.05) is 11.2 Å². The lowest BCUT2D eigenvalue weighted by molar-refractivity contribution is 0.467. The van der Waals surface area contributed by atoms with E-state index >= 15 is 0 Å². The molecule has 19 heavy (non-hydrogen) atoms. The summed E-state index contributed by atoms with van der Waals surface area (Å²) in [5, 5.41) is 0.991. The van der Waals surface area contributed by atoms with E-state index in [1.165, 1.54) is 11.1 Å². The zero-order valence-corrected chi connectivity index (χ0v) is 12.6. The zero-order chi connectivity index (χ0) is 13.5. The SMILES string of the molecule is NC[C@H](CCBr)C(c1ccccc1)c1ccccc1. The van der Waals surface area contributed by atoms with Crippen LogP contribution in [0.3, 0.4) is 0 Å². The second-order valence-electron chi connectivity index (χ2n) is 4.77. The molecule has 0 unspecified atom stereocenters. The van der Waals surface area contributed by atoms with Crippen LogP contribution in [-0.2, 0) is 0 Å². The average molecular weight is 318 g/mol. The number of benzene rings is 2. The Morgan fingerprint density at radius 1 is 0.842 bits per heavy atom. The van der Waals surface area contributed by atoms with Gasteiger partial charge >= 0.3 is 0 Å². The van der Waals surface area contributed by atoms with Crippen LogP contribution < -0.4 is 5.73 Å². The molecule has 0 saturated carbocycles. The molecule has 2 aromatic carbocycles. The highest BCUT2D eigenvalue weighted by Gasteiger charge is 2.23. The number of halogens is 1. The Morgan fingerprint density at radius 2 is 1.32 bits per heavy atom. The van der Waals surface area contributed by atoms with Crippen molar-refractivity contribution >= 4 is 15.9 Å². The Morgan fingerprint density at radius 3 is 1.68 bits per heavy atom. The highest BCUT2D eigenvalue weighted by molar-refractivity contribution is 9.09. The van der Waals surface area contributed by atoms with Crippen LogP contribution in [-0.4, -0.2) is 11.9 Å². The molecule has 0 aliphatic heterocycles. The topological polar surface area (TPSA) is 26.0 Å². The molecule has 0 heterocycles. The first-order valence-electron chi connectivity index (χ1n) is 6.72. The smallest absolute Gasteiger partial charge is 0.0130 e. The largest absolute Gasteiger partial charge is 0.330 e. The minimum atomic E-state index is 0.380. The van der Waals surface area contributed by atoms with Gasteiger partial charge in [0.1, 0.15) is 0 Å². The van der Waals surface area contributed by atoms with Gasteiger partial charge in [0.2, 0.25) is 0 Å². The number of hydrogen-bond donors (Lipinski definition) is 1. The third-order valence-electron chi connectivity index (χ3n) is 3.57. The minimum absolute atomic E-state index is 0.380. The maximum Gasteiger partial charge on any atom is 0.0130 e. The third kappa shape index (κ3) is 3.68. The standard InChI is InChI=1S/C17H20BrN/c18-12-11-16(13-19)17(14-7-3-1-4-8-14)15-9-5-2-6-10-15/h1-10,16-17H,11-13,19H2/t16-/m0/s1. The van der Waals surface area contributed by atoms with Gasteiger partial charge in [-0.2, -0.15) is 0 Å². The fourth-order valence-electron chi connectivity index (χ4n) is 2.62. The van der Waals surface area contributed by atoms with E-state index in [1.807, 2.05) is 0 Å². The van der Waals surface area contributed by atoms with E-state index in [-0.39, 0.29) is 0 Å². The summed E-state index contributed by atoms with van der Waals surface area (Å²) in [5.74, 6) is 0.842. The summed E-state index contributed by atoms with van der Waals surface area (Å²) in [4.78, 5) is 0. The van der Waals surface area contributed by atoms with Crippen molar-refractivity contribution in [1.82, 2.24) is 0 Å². The molecule has 0 aliphatic rings. The predicted molar refractivity (Wildman–Crippen MR) is 85.7 cm³/mol. The Hall–Kier alpha value is -1.12. The number of nitrogens with two attached hydrogens (primary N) is 1. The molecule has 0 radical (unpaired) electrons. The van der Waals surface area contributed by atoms with Crippen molar-refractivity contribution < 1.29 is 0 Å². The lowest BCUT2D eigenvalue weighted by Gasteiger charge is -2.26. The molecule has 2 aromatic rings. The van der Waals surface area contributed by atoms with Crippen LogP contribution in [0.15, 0.2) is 60.7 Å². The second kappa shape index (κ2) is 7.46. The van der Waals surface area contributed by atoms with Crippen LogP contribution in [0.4, 0.5) is 0 Å². The molecule has 2 N–H and O–H groups in total. The first kappa shape index (κ1) is 14.3.